The highest BCUT2D eigenvalue weighted by molar-refractivity contribution is 5.81. The number of rotatable bonds is 4. The van der Waals surface area contributed by atoms with Gasteiger partial charge in [0.25, 0.3) is 0 Å². The summed E-state index contributed by atoms with van der Waals surface area (Å²) in [6, 6.07) is 10.6. The molecule has 0 saturated carbocycles. The van der Waals surface area contributed by atoms with E-state index in [2.05, 4.69) is 28.7 Å². The number of ether oxygens (including phenoxy) is 1. The first-order valence-electron chi connectivity index (χ1n) is 7.36. The molecule has 1 fully saturated rings. The van der Waals surface area contributed by atoms with Gasteiger partial charge in [-0.05, 0) is 25.3 Å². The predicted octanol–water partition coefficient (Wildman–Crippen LogP) is 2.30. The summed E-state index contributed by atoms with van der Waals surface area (Å²) in [6.45, 7) is 2.97. The van der Waals surface area contributed by atoms with Gasteiger partial charge in [-0.3, -0.25) is 4.90 Å². The molecule has 3 atom stereocenters. The molecular formula is C17H23NO3. The van der Waals surface area contributed by atoms with Crippen molar-refractivity contribution in [3.8, 4) is 0 Å². The zero-order chi connectivity index (χ0) is 15.2. The molecule has 2 rings (SSSR count). The Morgan fingerprint density at radius 2 is 2.14 bits per heavy atom. The SMILES string of the molecule is COC(=O)C=C[C@@H]1C[C@H](O)CCN1[C@H](C)c1ccccc1. The molecule has 1 aromatic rings. The van der Waals surface area contributed by atoms with Crippen molar-refractivity contribution >= 4 is 5.97 Å². The van der Waals surface area contributed by atoms with Crippen molar-refractivity contribution < 1.29 is 14.6 Å². The molecule has 4 nitrogen and oxygen atoms in total. The van der Waals surface area contributed by atoms with Crippen molar-refractivity contribution in [1.82, 2.24) is 4.90 Å². The Kier molecular flexibility index (Phi) is 5.53. The van der Waals surface area contributed by atoms with Crippen LogP contribution >= 0.6 is 0 Å². The Bertz CT molecular complexity index is 486. The standard InChI is InChI=1S/C17H23NO3/c1-13(14-6-4-3-5-7-14)18-11-10-16(19)12-15(18)8-9-17(20)21-2/h3-9,13,15-16,19H,10-12H2,1-2H3/t13-,15-,16-/m1/s1. The summed E-state index contributed by atoms with van der Waals surface area (Å²) in [5.74, 6) is -0.359. The topological polar surface area (TPSA) is 49.8 Å². The van der Waals surface area contributed by atoms with Gasteiger partial charge >= 0.3 is 5.97 Å². The van der Waals surface area contributed by atoms with Gasteiger partial charge in [0.05, 0.1) is 13.2 Å². The third kappa shape index (κ3) is 4.16. The highest BCUT2D eigenvalue weighted by Crippen LogP contribution is 2.29. The van der Waals surface area contributed by atoms with Crippen LogP contribution in [0.25, 0.3) is 0 Å². The number of esters is 1. The van der Waals surface area contributed by atoms with Gasteiger partial charge in [0.2, 0.25) is 0 Å². The summed E-state index contributed by atoms with van der Waals surface area (Å²) in [7, 11) is 1.37. The largest absolute Gasteiger partial charge is 0.466 e. The van der Waals surface area contributed by atoms with Crippen LogP contribution in [0.5, 0.6) is 0 Å². The fraction of sp³-hybridized carbons (Fsp3) is 0.471. The maximum Gasteiger partial charge on any atom is 0.330 e. The van der Waals surface area contributed by atoms with Gasteiger partial charge in [-0.1, -0.05) is 36.4 Å². The normalized spacial score (nSPS) is 24.9. The molecule has 0 spiro atoms. The summed E-state index contributed by atoms with van der Waals surface area (Å²) >= 11 is 0. The fourth-order valence-corrected chi connectivity index (χ4v) is 2.85. The second kappa shape index (κ2) is 7.38. The van der Waals surface area contributed by atoms with Gasteiger partial charge in [-0.2, -0.15) is 0 Å². The first-order chi connectivity index (χ1) is 10.1. The Hall–Kier alpha value is -1.65. The zero-order valence-corrected chi connectivity index (χ0v) is 12.6. The van der Waals surface area contributed by atoms with Crippen LogP contribution in [0.2, 0.25) is 0 Å². The summed E-state index contributed by atoms with van der Waals surface area (Å²) in [5.41, 5.74) is 1.24. The summed E-state index contributed by atoms with van der Waals surface area (Å²) in [4.78, 5) is 13.6. The number of methoxy groups -OCH3 is 1. The molecule has 1 N–H and O–H groups in total. The van der Waals surface area contributed by atoms with E-state index < -0.39 is 0 Å². The van der Waals surface area contributed by atoms with Crippen molar-refractivity contribution in [3.63, 3.8) is 0 Å². The third-order valence-corrected chi connectivity index (χ3v) is 4.10. The van der Waals surface area contributed by atoms with Crippen LogP contribution in [-0.4, -0.2) is 41.8 Å². The molecule has 0 unspecified atom stereocenters. The van der Waals surface area contributed by atoms with Gasteiger partial charge in [0.15, 0.2) is 0 Å². The van der Waals surface area contributed by atoms with Crippen LogP contribution < -0.4 is 0 Å². The smallest absolute Gasteiger partial charge is 0.330 e. The van der Waals surface area contributed by atoms with Crippen LogP contribution in [0, 0.1) is 0 Å². The van der Waals surface area contributed by atoms with E-state index in [1.165, 1.54) is 18.7 Å². The number of carbonyl (C=O) groups excluding carboxylic acids is 1. The lowest BCUT2D eigenvalue weighted by Gasteiger charge is -2.40. The second-order valence-corrected chi connectivity index (χ2v) is 5.45. The van der Waals surface area contributed by atoms with Gasteiger partial charge in [0, 0.05) is 24.7 Å². The predicted molar refractivity (Wildman–Crippen MR) is 81.7 cm³/mol. The minimum absolute atomic E-state index is 0.0445. The Balaban J connectivity index is 2.14. The van der Waals surface area contributed by atoms with Gasteiger partial charge in [0.1, 0.15) is 0 Å². The number of hydrogen-bond donors (Lipinski definition) is 1. The number of piperidine rings is 1. The van der Waals surface area contributed by atoms with E-state index in [0.717, 1.165) is 13.0 Å². The maximum absolute atomic E-state index is 11.3. The molecule has 0 aromatic heterocycles. The van der Waals surface area contributed by atoms with Crippen LogP contribution in [0.1, 0.15) is 31.4 Å². The molecule has 1 aliphatic rings. The average Bonchev–Trinajstić information content (AvgIpc) is 2.53. The minimum atomic E-state index is -0.359. The molecule has 1 saturated heterocycles. The van der Waals surface area contributed by atoms with E-state index in [1.807, 2.05) is 24.3 Å². The Morgan fingerprint density at radius 3 is 2.81 bits per heavy atom. The summed E-state index contributed by atoms with van der Waals surface area (Å²) in [5, 5.41) is 9.90. The monoisotopic (exact) mass is 289 g/mol. The first kappa shape index (κ1) is 15.7. The van der Waals surface area contributed by atoms with E-state index >= 15 is 0 Å². The maximum atomic E-state index is 11.3. The molecule has 1 aromatic carbocycles. The molecule has 1 heterocycles. The van der Waals surface area contributed by atoms with Crippen molar-refractivity contribution in [2.75, 3.05) is 13.7 Å². The molecule has 4 heteroatoms. The average molecular weight is 289 g/mol. The fourth-order valence-electron chi connectivity index (χ4n) is 2.85. The molecule has 21 heavy (non-hydrogen) atoms. The quantitative estimate of drug-likeness (QED) is 0.682. The van der Waals surface area contributed by atoms with Crippen LogP contribution in [0.15, 0.2) is 42.5 Å². The zero-order valence-electron chi connectivity index (χ0n) is 12.6. The van der Waals surface area contributed by atoms with Gasteiger partial charge in [-0.25, -0.2) is 4.79 Å². The molecular weight excluding hydrogens is 266 g/mol. The number of hydrogen-bond acceptors (Lipinski definition) is 4. The minimum Gasteiger partial charge on any atom is -0.466 e. The van der Waals surface area contributed by atoms with Crippen molar-refractivity contribution in [1.29, 1.82) is 0 Å². The molecule has 0 aliphatic carbocycles. The number of aliphatic hydroxyl groups excluding tert-OH is 1. The van der Waals surface area contributed by atoms with Crippen LogP contribution in [0.3, 0.4) is 0 Å². The van der Waals surface area contributed by atoms with Crippen LogP contribution in [-0.2, 0) is 9.53 Å². The lowest BCUT2D eigenvalue weighted by Crippen LogP contribution is -2.44. The van der Waals surface area contributed by atoms with E-state index in [0.29, 0.717) is 6.42 Å². The van der Waals surface area contributed by atoms with Gasteiger partial charge in [-0.15, -0.1) is 0 Å². The number of likely N-dealkylation sites (tertiary alicyclic amines) is 1. The highest BCUT2D eigenvalue weighted by atomic mass is 16.5. The molecule has 0 radical (unpaired) electrons. The second-order valence-electron chi connectivity index (χ2n) is 5.45. The van der Waals surface area contributed by atoms with Crippen molar-refractivity contribution in [3.05, 3.63) is 48.0 Å². The molecule has 1 aliphatic heterocycles. The van der Waals surface area contributed by atoms with Gasteiger partial charge < -0.3 is 9.84 Å². The molecule has 0 amide bonds. The lowest BCUT2D eigenvalue weighted by atomic mass is 9.95. The third-order valence-electron chi connectivity index (χ3n) is 4.10. The van der Waals surface area contributed by atoms with E-state index in [4.69, 9.17) is 0 Å². The first-order valence-corrected chi connectivity index (χ1v) is 7.36. The Labute approximate surface area is 126 Å². The molecule has 0 bridgehead atoms. The summed E-state index contributed by atoms with van der Waals surface area (Å²) < 4.78 is 4.64. The highest BCUT2D eigenvalue weighted by Gasteiger charge is 2.29. The summed E-state index contributed by atoms with van der Waals surface area (Å²) in [6.07, 6.45) is 4.39. The van der Waals surface area contributed by atoms with Crippen molar-refractivity contribution in [2.24, 2.45) is 0 Å². The number of aliphatic hydroxyl groups is 1. The number of carbonyl (C=O) groups is 1. The lowest BCUT2D eigenvalue weighted by molar-refractivity contribution is -0.134. The van der Waals surface area contributed by atoms with Crippen molar-refractivity contribution in [2.45, 2.75) is 38.0 Å². The van der Waals surface area contributed by atoms with E-state index in [1.54, 1.807) is 0 Å². The van der Waals surface area contributed by atoms with E-state index in [9.17, 15) is 9.90 Å². The molecule has 114 valence electrons. The van der Waals surface area contributed by atoms with E-state index in [-0.39, 0.29) is 24.2 Å². The number of nitrogens with zero attached hydrogens (tertiary/aromatic N) is 1. The van der Waals surface area contributed by atoms with Crippen LogP contribution in [0.4, 0.5) is 0 Å². The Morgan fingerprint density at radius 1 is 1.43 bits per heavy atom. The number of benzene rings is 1.